The third-order valence-corrected chi connectivity index (χ3v) is 4.77. The van der Waals surface area contributed by atoms with E-state index in [0.717, 1.165) is 13.5 Å². The summed E-state index contributed by atoms with van der Waals surface area (Å²) in [6.45, 7) is 0. The zero-order chi connectivity index (χ0) is 14.9. The van der Waals surface area contributed by atoms with Gasteiger partial charge in [-0.2, -0.15) is 4.52 Å². The van der Waals surface area contributed by atoms with Crippen LogP contribution in [0, 0.1) is 0 Å². The molecule has 0 unspecified atom stereocenters. The van der Waals surface area contributed by atoms with Gasteiger partial charge < -0.3 is 0 Å². The lowest BCUT2D eigenvalue weighted by Gasteiger charge is -1.99. The molecule has 4 nitrogen and oxygen atoms in total. The maximum absolute atomic E-state index is 12.5. The Labute approximate surface area is 139 Å². The van der Waals surface area contributed by atoms with E-state index >= 15 is 0 Å². The second kappa shape index (κ2) is 4.32. The Balaban J connectivity index is 2.47. The molecule has 0 aliphatic heterocycles. The van der Waals surface area contributed by atoms with Crippen molar-refractivity contribution in [1.82, 2.24) is 9.03 Å². The first kappa shape index (κ1) is 13.3. The van der Waals surface area contributed by atoms with Gasteiger partial charge in [0.25, 0.3) is 11.1 Å². The summed E-state index contributed by atoms with van der Waals surface area (Å²) in [5, 5.41) is 1.45. The van der Waals surface area contributed by atoms with E-state index in [1.807, 2.05) is 6.07 Å². The normalized spacial score (nSPS) is 12.0. The van der Waals surface area contributed by atoms with Gasteiger partial charge in [0, 0.05) is 14.0 Å². The second-order valence-corrected chi connectivity index (χ2v) is 6.89. The molecular formula is C14H5Br2ClN2O2. The molecule has 2 aromatic heterocycles. The number of hydrogen-bond acceptors (Lipinski definition) is 2. The minimum Gasteiger partial charge on any atom is -0.267 e. The van der Waals surface area contributed by atoms with Crippen LogP contribution in [0.3, 0.4) is 0 Å². The Kier molecular flexibility index (Phi) is 2.73. The maximum Gasteiger partial charge on any atom is 0.282 e. The highest BCUT2D eigenvalue weighted by Gasteiger charge is 2.19. The molecule has 2 aromatic carbocycles. The standard InChI is InChI=1S/C14H5Br2ClN2O2/c15-6-3-9-12(10(16)4-6)18-11-5-7(17)1-2-8(11)13(20)19(18)14(9)21/h1-5H. The highest BCUT2D eigenvalue weighted by atomic mass is 79.9. The van der Waals surface area contributed by atoms with Crippen molar-refractivity contribution in [3.8, 4) is 0 Å². The number of fused-ring (bicyclic) bond motifs is 5. The molecule has 4 aromatic rings. The van der Waals surface area contributed by atoms with Crippen molar-refractivity contribution in [3.63, 3.8) is 0 Å². The summed E-state index contributed by atoms with van der Waals surface area (Å²) < 4.78 is 4.24. The van der Waals surface area contributed by atoms with Crippen molar-refractivity contribution in [2.45, 2.75) is 0 Å². The third kappa shape index (κ3) is 1.66. The summed E-state index contributed by atoms with van der Waals surface area (Å²) in [5.41, 5.74) is 0.579. The smallest absolute Gasteiger partial charge is 0.267 e. The van der Waals surface area contributed by atoms with E-state index in [9.17, 15) is 9.59 Å². The average Bonchev–Trinajstić information content (AvgIpc) is 2.86. The molecule has 0 aliphatic carbocycles. The highest BCUT2D eigenvalue weighted by molar-refractivity contribution is 9.11. The average molecular weight is 428 g/mol. The molecule has 0 bridgehead atoms. The lowest BCUT2D eigenvalue weighted by molar-refractivity contribution is 0.840. The molecular weight excluding hydrogens is 423 g/mol. The number of nitrogens with zero attached hydrogens (tertiary/aromatic N) is 2. The van der Waals surface area contributed by atoms with Crippen molar-refractivity contribution < 1.29 is 0 Å². The molecule has 0 radical (unpaired) electrons. The monoisotopic (exact) mass is 426 g/mol. The Bertz CT molecular complexity index is 1160. The van der Waals surface area contributed by atoms with Crippen molar-refractivity contribution in [3.05, 3.63) is 65.0 Å². The van der Waals surface area contributed by atoms with Gasteiger partial charge in [-0.15, -0.1) is 0 Å². The maximum atomic E-state index is 12.5. The molecule has 7 heteroatoms. The first-order valence-corrected chi connectivity index (χ1v) is 7.93. The third-order valence-electron chi connectivity index (χ3n) is 3.47. The molecule has 0 aliphatic rings. The number of halogens is 3. The summed E-state index contributed by atoms with van der Waals surface area (Å²) in [6.07, 6.45) is 0. The van der Waals surface area contributed by atoms with Crippen LogP contribution < -0.4 is 11.1 Å². The molecule has 0 amide bonds. The van der Waals surface area contributed by atoms with Crippen LogP contribution in [0.2, 0.25) is 5.02 Å². The first-order chi connectivity index (χ1) is 9.99. The van der Waals surface area contributed by atoms with Gasteiger partial charge in [-0.25, -0.2) is 4.52 Å². The fourth-order valence-corrected chi connectivity index (χ4v) is 4.19. The molecule has 0 atom stereocenters. The van der Waals surface area contributed by atoms with E-state index in [4.69, 9.17) is 11.6 Å². The predicted molar refractivity (Wildman–Crippen MR) is 90.0 cm³/mol. The van der Waals surface area contributed by atoms with Gasteiger partial charge in [0.2, 0.25) is 0 Å². The summed E-state index contributed by atoms with van der Waals surface area (Å²) in [6, 6.07) is 8.51. The Hall–Kier alpha value is -1.37. The number of hydrogen-bond donors (Lipinski definition) is 0. The van der Waals surface area contributed by atoms with Crippen molar-refractivity contribution in [2.24, 2.45) is 0 Å². The molecule has 0 saturated carbocycles. The van der Waals surface area contributed by atoms with Gasteiger partial charge >= 0.3 is 0 Å². The topological polar surface area (TPSA) is 43.0 Å². The number of aromatic nitrogens is 2. The van der Waals surface area contributed by atoms with Gasteiger partial charge in [0.15, 0.2) is 0 Å². The van der Waals surface area contributed by atoms with Crippen molar-refractivity contribution >= 4 is 65.3 Å². The minimum absolute atomic E-state index is 0.342. The summed E-state index contributed by atoms with van der Waals surface area (Å²) in [5.74, 6) is 0. The van der Waals surface area contributed by atoms with Crippen LogP contribution in [0.4, 0.5) is 0 Å². The molecule has 0 saturated heterocycles. The van der Waals surface area contributed by atoms with Gasteiger partial charge in [-0.1, -0.05) is 27.5 Å². The van der Waals surface area contributed by atoms with Crippen molar-refractivity contribution in [2.75, 3.05) is 0 Å². The predicted octanol–water partition coefficient (Wildman–Crippen LogP) is 3.68. The fraction of sp³-hybridized carbons (Fsp3) is 0. The van der Waals surface area contributed by atoms with Gasteiger partial charge in [0.1, 0.15) is 0 Å². The van der Waals surface area contributed by atoms with Crippen LogP contribution in [0.15, 0.2) is 48.9 Å². The fourth-order valence-electron chi connectivity index (χ4n) is 2.64. The van der Waals surface area contributed by atoms with Crippen LogP contribution >= 0.6 is 43.5 Å². The molecule has 104 valence electrons. The zero-order valence-corrected chi connectivity index (χ0v) is 14.2. The van der Waals surface area contributed by atoms with Crippen LogP contribution in [0.5, 0.6) is 0 Å². The van der Waals surface area contributed by atoms with Gasteiger partial charge in [0.05, 0.1) is 21.8 Å². The molecule has 0 spiro atoms. The van der Waals surface area contributed by atoms with E-state index in [2.05, 4.69) is 31.9 Å². The second-order valence-electron chi connectivity index (χ2n) is 4.68. The van der Waals surface area contributed by atoms with Crippen LogP contribution in [0.1, 0.15) is 0 Å². The SMILES string of the molecule is O=c1c2ccc(Cl)cc2n2c3c(Br)cc(Br)cc3c(=O)n12. The van der Waals surface area contributed by atoms with E-state index in [0.29, 0.717) is 26.8 Å². The highest BCUT2D eigenvalue weighted by Crippen LogP contribution is 2.29. The van der Waals surface area contributed by atoms with E-state index in [-0.39, 0.29) is 11.1 Å². The van der Waals surface area contributed by atoms with E-state index in [1.165, 1.54) is 0 Å². The summed E-state index contributed by atoms with van der Waals surface area (Å²) >= 11 is 12.8. The van der Waals surface area contributed by atoms with Crippen LogP contribution in [0.25, 0.3) is 21.8 Å². The quantitative estimate of drug-likeness (QED) is 0.429. The lowest BCUT2D eigenvalue weighted by Crippen LogP contribution is -2.21. The molecule has 4 rings (SSSR count). The summed E-state index contributed by atoms with van der Waals surface area (Å²) in [4.78, 5) is 25.0. The van der Waals surface area contributed by atoms with Crippen molar-refractivity contribution in [1.29, 1.82) is 0 Å². The molecule has 2 heterocycles. The van der Waals surface area contributed by atoms with Crippen LogP contribution in [-0.2, 0) is 0 Å². The molecule has 0 N–H and O–H groups in total. The van der Waals surface area contributed by atoms with E-state index < -0.39 is 0 Å². The lowest BCUT2D eigenvalue weighted by atomic mass is 10.2. The van der Waals surface area contributed by atoms with Crippen LogP contribution in [-0.4, -0.2) is 9.03 Å². The largest absolute Gasteiger partial charge is 0.282 e. The molecule has 21 heavy (non-hydrogen) atoms. The Morgan fingerprint density at radius 2 is 1.62 bits per heavy atom. The molecule has 0 fully saturated rings. The Morgan fingerprint density at radius 1 is 0.905 bits per heavy atom. The zero-order valence-electron chi connectivity index (χ0n) is 10.2. The number of rotatable bonds is 0. The van der Waals surface area contributed by atoms with E-state index in [1.54, 1.807) is 28.8 Å². The minimum atomic E-state index is -0.343. The first-order valence-electron chi connectivity index (χ1n) is 5.96. The number of benzene rings is 2. The van der Waals surface area contributed by atoms with Gasteiger partial charge in [-0.05, 0) is 46.3 Å². The Morgan fingerprint density at radius 3 is 2.38 bits per heavy atom. The summed E-state index contributed by atoms with van der Waals surface area (Å²) in [7, 11) is 0. The van der Waals surface area contributed by atoms with Gasteiger partial charge in [-0.3, -0.25) is 9.59 Å².